The van der Waals surface area contributed by atoms with E-state index in [-0.39, 0.29) is 24.1 Å². The number of nitrogens with zero attached hydrogens (tertiary/aromatic N) is 1. The standard InChI is InChI=1S/C19H19FN2O3S/c1-4-25-16(24)10-26-19-15(9-21)18(13-5-7-14(20)8-6-13)17(12(3)23)11(2)22-19/h5-8,18,22H,4,10H2,1-3H3/t18-/m0/s1. The zero-order valence-electron chi connectivity index (χ0n) is 14.8. The molecule has 0 unspecified atom stereocenters. The molecular formula is C19H19FN2O3S. The Hall–Kier alpha value is -2.59. The summed E-state index contributed by atoms with van der Waals surface area (Å²) in [5.74, 6) is -1.52. The Labute approximate surface area is 155 Å². The van der Waals surface area contributed by atoms with Crippen molar-refractivity contribution in [2.75, 3.05) is 12.4 Å². The molecule has 1 atom stereocenters. The average Bonchev–Trinajstić information content (AvgIpc) is 2.60. The number of nitriles is 1. The molecule has 0 saturated carbocycles. The van der Waals surface area contributed by atoms with Crippen LogP contribution in [-0.4, -0.2) is 24.1 Å². The third kappa shape index (κ3) is 4.33. The van der Waals surface area contributed by atoms with Gasteiger partial charge in [-0.15, -0.1) is 0 Å². The molecule has 0 bridgehead atoms. The number of thioether (sulfide) groups is 1. The van der Waals surface area contributed by atoms with Crippen LogP contribution in [0.15, 0.2) is 46.1 Å². The van der Waals surface area contributed by atoms with E-state index in [0.717, 1.165) is 11.8 Å². The van der Waals surface area contributed by atoms with Gasteiger partial charge in [-0.25, -0.2) is 4.39 Å². The first-order valence-corrected chi connectivity index (χ1v) is 9.04. The first kappa shape index (κ1) is 19.7. The van der Waals surface area contributed by atoms with Crippen LogP contribution in [0.5, 0.6) is 0 Å². The van der Waals surface area contributed by atoms with Crippen molar-refractivity contribution in [3.63, 3.8) is 0 Å². The van der Waals surface area contributed by atoms with Gasteiger partial charge in [0, 0.05) is 11.3 Å². The molecule has 0 amide bonds. The van der Waals surface area contributed by atoms with Crippen molar-refractivity contribution >= 4 is 23.5 Å². The highest BCUT2D eigenvalue weighted by molar-refractivity contribution is 8.03. The first-order chi connectivity index (χ1) is 12.4. The molecule has 26 heavy (non-hydrogen) atoms. The minimum Gasteiger partial charge on any atom is -0.465 e. The van der Waals surface area contributed by atoms with E-state index in [9.17, 15) is 19.2 Å². The van der Waals surface area contributed by atoms with E-state index in [4.69, 9.17) is 4.74 Å². The summed E-state index contributed by atoms with van der Waals surface area (Å²) in [4.78, 5) is 23.8. The summed E-state index contributed by atoms with van der Waals surface area (Å²) in [5.41, 5.74) is 2.02. The SMILES string of the molecule is CCOC(=O)CSC1=C(C#N)[C@H](c2ccc(F)cc2)C(C(C)=O)=C(C)N1. The predicted octanol–water partition coefficient (Wildman–Crippen LogP) is 3.41. The van der Waals surface area contributed by atoms with Crippen LogP contribution in [0.2, 0.25) is 0 Å². The normalized spacial score (nSPS) is 16.8. The van der Waals surface area contributed by atoms with Crippen LogP contribution in [0.25, 0.3) is 0 Å². The highest BCUT2D eigenvalue weighted by atomic mass is 32.2. The Morgan fingerprint density at radius 3 is 2.54 bits per heavy atom. The number of ether oxygens (including phenoxy) is 1. The second kappa shape index (κ2) is 8.68. The molecule has 7 heteroatoms. The lowest BCUT2D eigenvalue weighted by molar-refractivity contribution is -0.139. The van der Waals surface area contributed by atoms with Gasteiger partial charge in [-0.1, -0.05) is 23.9 Å². The van der Waals surface area contributed by atoms with Crippen molar-refractivity contribution in [2.24, 2.45) is 0 Å². The molecule has 1 N–H and O–H groups in total. The molecule has 1 aliphatic heterocycles. The fraction of sp³-hybridized carbons (Fsp3) is 0.316. The van der Waals surface area contributed by atoms with Crippen LogP contribution < -0.4 is 5.32 Å². The lowest BCUT2D eigenvalue weighted by atomic mass is 9.81. The van der Waals surface area contributed by atoms with Crippen LogP contribution in [0.3, 0.4) is 0 Å². The molecule has 0 radical (unpaired) electrons. The number of Topliss-reactive ketones (excluding diaryl/α,β-unsaturated/α-hetero) is 1. The van der Waals surface area contributed by atoms with E-state index in [1.165, 1.54) is 19.1 Å². The maximum absolute atomic E-state index is 13.3. The second-order valence-corrected chi connectivity index (χ2v) is 6.64. The summed E-state index contributed by atoms with van der Waals surface area (Å²) in [6.45, 7) is 5.18. The molecular weight excluding hydrogens is 355 g/mol. The molecule has 1 aromatic carbocycles. The van der Waals surface area contributed by atoms with E-state index in [2.05, 4.69) is 11.4 Å². The van der Waals surface area contributed by atoms with Crippen molar-refractivity contribution in [2.45, 2.75) is 26.7 Å². The summed E-state index contributed by atoms with van der Waals surface area (Å²) in [5, 5.41) is 13.3. The number of dihydropyridines is 1. The lowest BCUT2D eigenvalue weighted by Gasteiger charge is -2.29. The number of allylic oxidation sites excluding steroid dienone is 3. The molecule has 0 saturated heterocycles. The monoisotopic (exact) mass is 374 g/mol. The molecule has 0 aliphatic carbocycles. The van der Waals surface area contributed by atoms with Crippen LogP contribution in [-0.2, 0) is 14.3 Å². The number of hydrogen-bond donors (Lipinski definition) is 1. The van der Waals surface area contributed by atoms with Crippen LogP contribution in [0.1, 0.15) is 32.3 Å². The number of carbonyl (C=O) groups excluding carboxylic acids is 2. The van der Waals surface area contributed by atoms with Gasteiger partial charge in [-0.05, 0) is 38.5 Å². The summed E-state index contributed by atoms with van der Waals surface area (Å²) < 4.78 is 18.2. The van der Waals surface area contributed by atoms with E-state index < -0.39 is 11.7 Å². The smallest absolute Gasteiger partial charge is 0.316 e. The maximum Gasteiger partial charge on any atom is 0.316 e. The van der Waals surface area contributed by atoms with Gasteiger partial charge in [-0.2, -0.15) is 5.26 Å². The third-order valence-electron chi connectivity index (χ3n) is 3.87. The summed E-state index contributed by atoms with van der Waals surface area (Å²) in [6.07, 6.45) is 0. The minimum absolute atomic E-state index is 0.0418. The quantitative estimate of drug-likeness (QED) is 0.769. The van der Waals surface area contributed by atoms with E-state index in [1.54, 1.807) is 26.0 Å². The number of esters is 1. The van der Waals surface area contributed by atoms with Crippen molar-refractivity contribution in [3.05, 3.63) is 57.5 Å². The molecule has 1 aliphatic rings. The van der Waals surface area contributed by atoms with Gasteiger partial charge >= 0.3 is 5.97 Å². The van der Waals surface area contributed by atoms with Gasteiger partial charge in [-0.3, -0.25) is 9.59 Å². The van der Waals surface area contributed by atoms with Gasteiger partial charge in [0.1, 0.15) is 5.82 Å². The molecule has 136 valence electrons. The zero-order chi connectivity index (χ0) is 19.3. The summed E-state index contributed by atoms with van der Waals surface area (Å²) >= 11 is 1.15. The molecule has 5 nitrogen and oxygen atoms in total. The van der Waals surface area contributed by atoms with E-state index in [0.29, 0.717) is 27.4 Å². The number of benzene rings is 1. The minimum atomic E-state index is -0.607. The highest BCUT2D eigenvalue weighted by Crippen LogP contribution is 2.40. The molecule has 1 aromatic rings. The zero-order valence-corrected chi connectivity index (χ0v) is 15.6. The summed E-state index contributed by atoms with van der Waals surface area (Å²) in [7, 11) is 0. The van der Waals surface area contributed by atoms with Crippen molar-refractivity contribution in [1.29, 1.82) is 5.26 Å². The van der Waals surface area contributed by atoms with Crippen molar-refractivity contribution < 1.29 is 18.7 Å². The Balaban J connectivity index is 2.46. The summed E-state index contributed by atoms with van der Waals surface area (Å²) in [6, 6.07) is 7.86. The van der Waals surface area contributed by atoms with Crippen LogP contribution >= 0.6 is 11.8 Å². The molecule has 0 fully saturated rings. The Kier molecular flexibility index (Phi) is 6.58. The topological polar surface area (TPSA) is 79.2 Å². The fourth-order valence-corrected chi connectivity index (χ4v) is 3.71. The van der Waals surface area contributed by atoms with Gasteiger partial charge in [0.15, 0.2) is 5.78 Å². The molecule has 1 heterocycles. The lowest BCUT2D eigenvalue weighted by Crippen LogP contribution is -2.27. The Bertz CT molecular complexity index is 822. The highest BCUT2D eigenvalue weighted by Gasteiger charge is 2.33. The van der Waals surface area contributed by atoms with Crippen molar-refractivity contribution in [3.8, 4) is 6.07 Å². The van der Waals surface area contributed by atoms with Gasteiger partial charge < -0.3 is 10.1 Å². The molecule has 0 spiro atoms. The molecule has 2 rings (SSSR count). The Morgan fingerprint density at radius 2 is 2.00 bits per heavy atom. The predicted molar refractivity (Wildman–Crippen MR) is 97.4 cm³/mol. The van der Waals surface area contributed by atoms with Gasteiger partial charge in [0.25, 0.3) is 0 Å². The van der Waals surface area contributed by atoms with Crippen LogP contribution in [0, 0.1) is 17.1 Å². The molecule has 0 aromatic heterocycles. The number of ketones is 1. The average molecular weight is 374 g/mol. The number of hydrogen-bond acceptors (Lipinski definition) is 6. The first-order valence-electron chi connectivity index (χ1n) is 8.05. The number of nitrogens with one attached hydrogen (secondary N) is 1. The number of carbonyl (C=O) groups is 2. The fourth-order valence-electron chi connectivity index (χ4n) is 2.82. The van der Waals surface area contributed by atoms with Crippen LogP contribution in [0.4, 0.5) is 4.39 Å². The maximum atomic E-state index is 13.3. The Morgan fingerprint density at radius 1 is 1.35 bits per heavy atom. The van der Waals surface area contributed by atoms with Gasteiger partial charge in [0.05, 0.1) is 34.9 Å². The van der Waals surface area contributed by atoms with E-state index in [1.807, 2.05) is 0 Å². The number of halogens is 1. The van der Waals surface area contributed by atoms with E-state index >= 15 is 0 Å². The third-order valence-corrected chi connectivity index (χ3v) is 4.86. The largest absolute Gasteiger partial charge is 0.465 e. The second-order valence-electron chi connectivity index (χ2n) is 5.65. The van der Waals surface area contributed by atoms with Gasteiger partial charge in [0.2, 0.25) is 0 Å². The van der Waals surface area contributed by atoms with Crippen molar-refractivity contribution in [1.82, 2.24) is 5.32 Å². The number of rotatable bonds is 6.